The Bertz CT molecular complexity index is 701. The molecule has 1 heterocycles. The van der Waals surface area contributed by atoms with Gasteiger partial charge in [0, 0.05) is 18.4 Å². The van der Waals surface area contributed by atoms with Crippen LogP contribution in [0.4, 0.5) is 0 Å². The molecule has 2 rings (SSSR count). The van der Waals surface area contributed by atoms with E-state index in [-0.39, 0.29) is 6.04 Å². The molecule has 6 nitrogen and oxygen atoms in total. The highest BCUT2D eigenvalue weighted by Gasteiger charge is 2.35. The van der Waals surface area contributed by atoms with Crippen LogP contribution in [0, 0.1) is 0 Å². The fourth-order valence-corrected chi connectivity index (χ4v) is 2.86. The van der Waals surface area contributed by atoms with Crippen LogP contribution < -0.4 is 4.74 Å². The lowest BCUT2D eigenvalue weighted by molar-refractivity contribution is -0.137. The van der Waals surface area contributed by atoms with Crippen LogP contribution >= 0.6 is 0 Å². The molecule has 1 aromatic rings. The predicted octanol–water partition coefficient (Wildman–Crippen LogP) is 3.01. The van der Waals surface area contributed by atoms with Gasteiger partial charge in [-0.1, -0.05) is 12.1 Å². The first-order valence-electron chi connectivity index (χ1n) is 8.53. The second-order valence-electron chi connectivity index (χ2n) is 6.13. The Morgan fingerprint density at radius 2 is 1.65 bits per heavy atom. The Morgan fingerprint density at radius 1 is 1.08 bits per heavy atom. The summed E-state index contributed by atoms with van der Waals surface area (Å²) in [5, 5.41) is 0. The number of esters is 2. The number of rotatable bonds is 6. The van der Waals surface area contributed by atoms with E-state index in [2.05, 4.69) is 0 Å². The van der Waals surface area contributed by atoms with Crippen molar-refractivity contribution < 1.29 is 23.8 Å². The molecule has 26 heavy (non-hydrogen) atoms. The van der Waals surface area contributed by atoms with Gasteiger partial charge in [-0.05, 0) is 38.5 Å². The van der Waals surface area contributed by atoms with Crippen molar-refractivity contribution >= 4 is 11.9 Å². The Labute approximate surface area is 154 Å². The molecule has 0 saturated heterocycles. The molecule has 0 atom stereocenters. The summed E-state index contributed by atoms with van der Waals surface area (Å²) < 4.78 is 15.5. The molecule has 0 spiro atoms. The summed E-state index contributed by atoms with van der Waals surface area (Å²) >= 11 is 0. The van der Waals surface area contributed by atoms with Crippen molar-refractivity contribution in [2.45, 2.75) is 32.7 Å². The van der Waals surface area contributed by atoms with Gasteiger partial charge in [0.25, 0.3) is 0 Å². The molecule has 0 N–H and O–H groups in total. The van der Waals surface area contributed by atoms with Crippen molar-refractivity contribution in [3.05, 3.63) is 53.4 Å². The summed E-state index contributed by atoms with van der Waals surface area (Å²) in [4.78, 5) is 26.7. The maximum Gasteiger partial charge on any atom is 0.336 e. The quantitative estimate of drug-likeness (QED) is 0.728. The number of hydrogen-bond donors (Lipinski definition) is 0. The summed E-state index contributed by atoms with van der Waals surface area (Å²) in [7, 11) is 2.65. The molecule has 0 aliphatic carbocycles. The summed E-state index contributed by atoms with van der Waals surface area (Å²) in [6.45, 7) is 6.35. The highest BCUT2D eigenvalue weighted by Crippen LogP contribution is 2.38. The molecule has 140 valence electrons. The normalized spacial score (nSPS) is 14.6. The molecular weight excluding hydrogens is 334 g/mol. The average molecular weight is 359 g/mol. The topological polar surface area (TPSA) is 65.1 Å². The van der Waals surface area contributed by atoms with Crippen LogP contribution in [0.25, 0.3) is 0 Å². The van der Waals surface area contributed by atoms with Crippen molar-refractivity contribution in [3.8, 4) is 5.75 Å². The number of carbonyl (C=O) groups is 2. The van der Waals surface area contributed by atoms with Gasteiger partial charge in [0.15, 0.2) is 0 Å². The van der Waals surface area contributed by atoms with Gasteiger partial charge in [0.05, 0.1) is 37.9 Å². The zero-order valence-corrected chi connectivity index (χ0v) is 15.8. The van der Waals surface area contributed by atoms with Gasteiger partial charge >= 0.3 is 11.9 Å². The van der Waals surface area contributed by atoms with Crippen LogP contribution in [-0.4, -0.2) is 43.7 Å². The first kappa shape index (κ1) is 19.6. The summed E-state index contributed by atoms with van der Waals surface area (Å²) in [5.74, 6) is -0.899. The third-order valence-electron chi connectivity index (χ3n) is 4.14. The number of methoxy groups -OCH3 is 2. The first-order chi connectivity index (χ1) is 12.4. The first-order valence-corrected chi connectivity index (χ1v) is 8.53. The van der Waals surface area contributed by atoms with Crippen LogP contribution in [0.5, 0.6) is 5.75 Å². The van der Waals surface area contributed by atoms with Gasteiger partial charge < -0.3 is 19.1 Å². The molecule has 1 aromatic carbocycles. The lowest BCUT2D eigenvalue weighted by atomic mass is 9.83. The summed E-state index contributed by atoms with van der Waals surface area (Å²) in [6.07, 6.45) is 3.45. The number of ether oxygens (including phenoxy) is 3. The third kappa shape index (κ3) is 4.07. The minimum atomic E-state index is -0.592. The summed E-state index contributed by atoms with van der Waals surface area (Å²) in [5.41, 5.74) is 1.50. The van der Waals surface area contributed by atoms with Crippen LogP contribution in [0.15, 0.2) is 47.8 Å². The van der Waals surface area contributed by atoms with Gasteiger partial charge in [-0.3, -0.25) is 0 Å². The van der Waals surface area contributed by atoms with E-state index in [0.29, 0.717) is 23.5 Å². The fourth-order valence-electron chi connectivity index (χ4n) is 2.86. The number of benzene rings is 1. The lowest BCUT2D eigenvalue weighted by Crippen LogP contribution is -2.31. The van der Waals surface area contributed by atoms with Gasteiger partial charge in [-0.25, -0.2) is 9.59 Å². The third-order valence-corrected chi connectivity index (χ3v) is 4.14. The van der Waals surface area contributed by atoms with E-state index in [4.69, 9.17) is 14.2 Å². The van der Waals surface area contributed by atoms with E-state index in [1.807, 2.05) is 45.0 Å². The van der Waals surface area contributed by atoms with Crippen molar-refractivity contribution in [1.82, 2.24) is 4.90 Å². The lowest BCUT2D eigenvalue weighted by Gasteiger charge is -2.32. The summed E-state index contributed by atoms with van der Waals surface area (Å²) in [6, 6.07) is 7.40. The molecule has 0 radical (unpaired) electrons. The smallest absolute Gasteiger partial charge is 0.336 e. The van der Waals surface area contributed by atoms with E-state index in [0.717, 1.165) is 5.56 Å². The van der Waals surface area contributed by atoms with Crippen molar-refractivity contribution in [2.24, 2.45) is 0 Å². The molecule has 0 unspecified atom stereocenters. The molecule has 0 aromatic heterocycles. The van der Waals surface area contributed by atoms with Gasteiger partial charge in [0.2, 0.25) is 0 Å². The average Bonchev–Trinajstić information content (AvgIpc) is 2.66. The van der Waals surface area contributed by atoms with E-state index < -0.39 is 17.9 Å². The highest BCUT2D eigenvalue weighted by atomic mass is 16.5. The highest BCUT2D eigenvalue weighted by molar-refractivity contribution is 5.98. The van der Waals surface area contributed by atoms with Crippen LogP contribution in [0.2, 0.25) is 0 Å². The second-order valence-corrected chi connectivity index (χ2v) is 6.13. The SMILES string of the molecule is CCOc1cccc(C2C(C(=O)OC)=CN(C(C)C)C=C2C(=O)OC)c1. The fraction of sp³-hybridized carbons (Fsp3) is 0.400. The van der Waals surface area contributed by atoms with Crippen LogP contribution in [-0.2, 0) is 19.1 Å². The minimum Gasteiger partial charge on any atom is -0.494 e. The predicted molar refractivity (Wildman–Crippen MR) is 97.5 cm³/mol. The van der Waals surface area contributed by atoms with E-state index in [9.17, 15) is 9.59 Å². The molecule has 0 bridgehead atoms. The second kappa shape index (κ2) is 8.56. The number of hydrogen-bond acceptors (Lipinski definition) is 6. The molecule has 0 saturated carbocycles. The van der Waals surface area contributed by atoms with Crippen molar-refractivity contribution in [3.63, 3.8) is 0 Å². The molecule has 1 aliphatic rings. The molecular formula is C20H25NO5. The maximum atomic E-state index is 12.5. The zero-order chi connectivity index (χ0) is 19.3. The zero-order valence-electron chi connectivity index (χ0n) is 15.8. The Hall–Kier alpha value is -2.76. The van der Waals surface area contributed by atoms with Crippen molar-refractivity contribution in [2.75, 3.05) is 20.8 Å². The number of nitrogens with zero attached hydrogens (tertiary/aromatic N) is 1. The molecule has 1 aliphatic heterocycles. The Morgan fingerprint density at radius 3 is 2.12 bits per heavy atom. The van der Waals surface area contributed by atoms with Crippen molar-refractivity contribution in [1.29, 1.82) is 0 Å². The van der Waals surface area contributed by atoms with Gasteiger partial charge in [0.1, 0.15) is 5.75 Å². The molecule has 0 amide bonds. The Balaban J connectivity index is 2.60. The van der Waals surface area contributed by atoms with Crippen LogP contribution in [0.3, 0.4) is 0 Å². The standard InChI is InChI=1S/C20H25NO5/c1-6-26-15-9-7-8-14(10-15)18-16(19(22)24-4)11-21(13(2)3)12-17(18)20(23)25-5/h7-13,18H,6H2,1-5H3. The van der Waals surface area contributed by atoms with Crippen LogP contribution in [0.1, 0.15) is 32.3 Å². The number of carbonyl (C=O) groups excluding carboxylic acids is 2. The largest absolute Gasteiger partial charge is 0.494 e. The van der Waals surface area contributed by atoms with E-state index >= 15 is 0 Å². The van der Waals surface area contributed by atoms with Gasteiger partial charge in [-0.2, -0.15) is 0 Å². The molecule has 0 fully saturated rings. The minimum absolute atomic E-state index is 0.0602. The van der Waals surface area contributed by atoms with E-state index in [1.165, 1.54) is 14.2 Å². The Kier molecular flexibility index (Phi) is 6.44. The molecule has 6 heteroatoms. The monoisotopic (exact) mass is 359 g/mol. The maximum absolute atomic E-state index is 12.5. The van der Waals surface area contributed by atoms with E-state index in [1.54, 1.807) is 17.3 Å². The van der Waals surface area contributed by atoms with Gasteiger partial charge in [-0.15, -0.1) is 0 Å².